The summed E-state index contributed by atoms with van der Waals surface area (Å²) in [5, 5.41) is 3.64. The van der Waals surface area contributed by atoms with Crippen molar-refractivity contribution in [3.05, 3.63) is 58.9 Å². The van der Waals surface area contributed by atoms with Crippen molar-refractivity contribution in [1.29, 1.82) is 0 Å². The Balaban J connectivity index is 1.62. The van der Waals surface area contributed by atoms with E-state index in [-0.39, 0.29) is 5.91 Å². The molecule has 0 radical (unpaired) electrons. The first kappa shape index (κ1) is 13.8. The number of aryl methyl sites for hydroxylation is 1. The van der Waals surface area contributed by atoms with Gasteiger partial charge >= 0.3 is 0 Å². The second kappa shape index (κ2) is 5.66. The van der Waals surface area contributed by atoms with E-state index in [0.717, 1.165) is 23.1 Å². The number of nitrogens with one attached hydrogen (secondary N) is 1. The van der Waals surface area contributed by atoms with Gasteiger partial charge in [0.15, 0.2) is 5.58 Å². The molecule has 2 aromatic heterocycles. The lowest BCUT2D eigenvalue weighted by atomic mass is 10.1. The van der Waals surface area contributed by atoms with Crippen molar-refractivity contribution in [2.75, 3.05) is 6.54 Å². The lowest BCUT2D eigenvalue weighted by Gasteiger charge is -2.06. The van der Waals surface area contributed by atoms with Crippen LogP contribution in [-0.2, 0) is 13.5 Å². The molecule has 5 heteroatoms. The van der Waals surface area contributed by atoms with E-state index in [1.54, 1.807) is 12.3 Å². The number of carbonyl (C=O) groups excluding carboxylic acids is 1. The van der Waals surface area contributed by atoms with Crippen LogP contribution in [0.25, 0.3) is 11.1 Å². The molecule has 108 valence electrons. The molecule has 1 aromatic carbocycles. The molecule has 0 atom stereocenters. The number of benzene rings is 1. The van der Waals surface area contributed by atoms with Crippen LogP contribution >= 0.6 is 11.6 Å². The summed E-state index contributed by atoms with van der Waals surface area (Å²) in [7, 11) is 1.85. The van der Waals surface area contributed by atoms with Crippen LogP contribution in [0.2, 0.25) is 5.02 Å². The highest BCUT2D eigenvalue weighted by Gasteiger charge is 2.14. The number of amides is 1. The third kappa shape index (κ3) is 2.81. The molecule has 3 aromatic rings. The molecule has 3 rings (SSSR count). The second-order valence-corrected chi connectivity index (χ2v) is 5.33. The van der Waals surface area contributed by atoms with Crippen molar-refractivity contribution >= 4 is 28.6 Å². The largest absolute Gasteiger partial charge is 0.463 e. The van der Waals surface area contributed by atoms with Crippen LogP contribution in [0, 0.1) is 0 Å². The van der Waals surface area contributed by atoms with Gasteiger partial charge in [-0.15, -0.1) is 0 Å². The molecule has 0 fully saturated rings. The van der Waals surface area contributed by atoms with Crippen LogP contribution < -0.4 is 5.32 Å². The van der Waals surface area contributed by atoms with Crippen molar-refractivity contribution in [2.24, 2.45) is 7.05 Å². The van der Waals surface area contributed by atoms with Crippen LogP contribution in [0.5, 0.6) is 0 Å². The minimum atomic E-state index is -0.0992. The fourth-order valence-corrected chi connectivity index (χ4v) is 2.46. The molecule has 0 saturated carbocycles. The third-order valence-corrected chi connectivity index (χ3v) is 3.76. The van der Waals surface area contributed by atoms with Crippen molar-refractivity contribution in [1.82, 2.24) is 9.88 Å². The molecule has 0 aliphatic rings. The zero-order chi connectivity index (χ0) is 14.8. The Morgan fingerprint density at radius 2 is 2.05 bits per heavy atom. The van der Waals surface area contributed by atoms with Gasteiger partial charge < -0.3 is 14.3 Å². The topological polar surface area (TPSA) is 47.2 Å². The SMILES string of the molecule is Cn1c(C(=O)NCCc2ccc(Cl)cc2)cc2occc21. The quantitative estimate of drug-likeness (QED) is 0.803. The number of fused-ring (bicyclic) bond motifs is 1. The average molecular weight is 303 g/mol. The molecule has 0 bridgehead atoms. The van der Waals surface area contributed by atoms with Crippen LogP contribution in [0.15, 0.2) is 47.1 Å². The molecule has 0 spiro atoms. The van der Waals surface area contributed by atoms with Crippen molar-refractivity contribution in [2.45, 2.75) is 6.42 Å². The predicted molar refractivity (Wildman–Crippen MR) is 82.7 cm³/mol. The number of furan rings is 1. The predicted octanol–water partition coefficient (Wildman–Crippen LogP) is 3.40. The van der Waals surface area contributed by atoms with Crippen molar-refractivity contribution in [3.63, 3.8) is 0 Å². The van der Waals surface area contributed by atoms with Crippen LogP contribution in [-0.4, -0.2) is 17.0 Å². The molecule has 1 N–H and O–H groups in total. The van der Waals surface area contributed by atoms with E-state index in [2.05, 4.69) is 5.32 Å². The van der Waals surface area contributed by atoms with Crippen LogP contribution in [0.1, 0.15) is 16.1 Å². The van der Waals surface area contributed by atoms with Gasteiger partial charge in [0.2, 0.25) is 0 Å². The lowest BCUT2D eigenvalue weighted by Crippen LogP contribution is -2.27. The number of nitrogens with zero attached hydrogens (tertiary/aromatic N) is 1. The van der Waals surface area contributed by atoms with E-state index in [9.17, 15) is 4.79 Å². The number of hydrogen-bond donors (Lipinski definition) is 1. The van der Waals surface area contributed by atoms with Gasteiger partial charge in [0.25, 0.3) is 5.91 Å². The monoisotopic (exact) mass is 302 g/mol. The van der Waals surface area contributed by atoms with E-state index >= 15 is 0 Å². The minimum absolute atomic E-state index is 0.0992. The Kier molecular flexibility index (Phi) is 3.71. The Bertz CT molecular complexity index is 771. The Labute approximate surface area is 127 Å². The van der Waals surface area contributed by atoms with Gasteiger partial charge in [0.05, 0.1) is 11.8 Å². The molecular weight excluding hydrogens is 288 g/mol. The number of hydrogen-bond acceptors (Lipinski definition) is 2. The first-order chi connectivity index (χ1) is 10.1. The van der Waals surface area contributed by atoms with Gasteiger partial charge in [0, 0.05) is 30.7 Å². The highest BCUT2D eigenvalue weighted by Crippen LogP contribution is 2.19. The van der Waals surface area contributed by atoms with Crippen LogP contribution in [0.4, 0.5) is 0 Å². The summed E-state index contributed by atoms with van der Waals surface area (Å²) < 4.78 is 7.13. The molecule has 1 amide bonds. The normalized spacial score (nSPS) is 11.0. The summed E-state index contributed by atoms with van der Waals surface area (Å²) in [6.45, 7) is 0.576. The molecule has 4 nitrogen and oxygen atoms in total. The maximum absolute atomic E-state index is 12.2. The highest BCUT2D eigenvalue weighted by molar-refractivity contribution is 6.30. The molecule has 0 aliphatic carbocycles. The van der Waals surface area contributed by atoms with E-state index < -0.39 is 0 Å². The van der Waals surface area contributed by atoms with Gasteiger partial charge in [-0.1, -0.05) is 23.7 Å². The first-order valence-corrected chi connectivity index (χ1v) is 7.08. The Hall–Kier alpha value is -2.20. The van der Waals surface area contributed by atoms with E-state index in [4.69, 9.17) is 16.0 Å². The highest BCUT2D eigenvalue weighted by atomic mass is 35.5. The van der Waals surface area contributed by atoms with Gasteiger partial charge in [0.1, 0.15) is 5.69 Å². The fourth-order valence-electron chi connectivity index (χ4n) is 2.33. The molecule has 21 heavy (non-hydrogen) atoms. The Morgan fingerprint density at radius 1 is 1.29 bits per heavy atom. The van der Waals surface area contributed by atoms with Gasteiger partial charge in [-0.25, -0.2) is 0 Å². The number of aromatic nitrogens is 1. The number of rotatable bonds is 4. The van der Waals surface area contributed by atoms with E-state index in [0.29, 0.717) is 17.3 Å². The smallest absolute Gasteiger partial charge is 0.268 e. The number of carbonyl (C=O) groups is 1. The molecule has 0 aliphatic heterocycles. The summed E-state index contributed by atoms with van der Waals surface area (Å²) in [5.74, 6) is -0.0992. The zero-order valence-corrected chi connectivity index (χ0v) is 12.4. The summed E-state index contributed by atoms with van der Waals surface area (Å²) in [6.07, 6.45) is 2.39. The van der Waals surface area contributed by atoms with Gasteiger partial charge in [-0.3, -0.25) is 4.79 Å². The summed E-state index contributed by atoms with van der Waals surface area (Å²) in [6, 6.07) is 11.2. The zero-order valence-electron chi connectivity index (χ0n) is 11.6. The Morgan fingerprint density at radius 3 is 2.76 bits per heavy atom. The minimum Gasteiger partial charge on any atom is -0.463 e. The fraction of sp³-hybridized carbons (Fsp3) is 0.188. The maximum Gasteiger partial charge on any atom is 0.268 e. The second-order valence-electron chi connectivity index (χ2n) is 4.89. The first-order valence-electron chi connectivity index (χ1n) is 6.71. The van der Waals surface area contributed by atoms with Crippen molar-refractivity contribution in [3.8, 4) is 0 Å². The van der Waals surface area contributed by atoms with Gasteiger partial charge in [-0.05, 0) is 24.1 Å². The van der Waals surface area contributed by atoms with Crippen molar-refractivity contribution < 1.29 is 9.21 Å². The lowest BCUT2D eigenvalue weighted by molar-refractivity contribution is 0.0946. The van der Waals surface area contributed by atoms with E-state index in [1.807, 2.05) is 41.9 Å². The standard InChI is InChI=1S/C16H15ClN2O2/c1-19-13-7-9-21-15(13)10-14(19)16(20)18-8-6-11-2-4-12(17)5-3-11/h2-5,7,9-10H,6,8H2,1H3,(H,18,20). The maximum atomic E-state index is 12.2. The molecule has 0 unspecified atom stereocenters. The molecular formula is C16H15ClN2O2. The summed E-state index contributed by atoms with van der Waals surface area (Å²) >= 11 is 5.84. The number of halogens is 1. The molecule has 0 saturated heterocycles. The summed E-state index contributed by atoms with van der Waals surface area (Å²) in [5.41, 5.74) is 3.37. The van der Waals surface area contributed by atoms with E-state index in [1.165, 1.54) is 0 Å². The third-order valence-electron chi connectivity index (χ3n) is 3.51. The average Bonchev–Trinajstić information content (AvgIpc) is 3.04. The summed E-state index contributed by atoms with van der Waals surface area (Å²) in [4.78, 5) is 12.2. The van der Waals surface area contributed by atoms with Crippen LogP contribution in [0.3, 0.4) is 0 Å². The van der Waals surface area contributed by atoms with Gasteiger partial charge in [-0.2, -0.15) is 0 Å². The molecule has 2 heterocycles.